The predicted octanol–water partition coefficient (Wildman–Crippen LogP) is 2.96. The second-order valence-corrected chi connectivity index (χ2v) is 7.91. The molecule has 148 valence electrons. The Kier molecular flexibility index (Phi) is 5.46. The average Bonchev–Trinajstić information content (AvgIpc) is 2.91. The zero-order valence-electron chi connectivity index (χ0n) is 16.1. The van der Waals surface area contributed by atoms with Gasteiger partial charge in [-0.1, -0.05) is 25.0 Å². The van der Waals surface area contributed by atoms with Crippen LogP contribution in [0, 0.1) is 11.8 Å². The highest BCUT2D eigenvalue weighted by molar-refractivity contribution is 6.08. The number of benzene rings is 1. The van der Waals surface area contributed by atoms with Gasteiger partial charge >= 0.3 is 0 Å². The number of carbonyl (C=O) groups is 3. The van der Waals surface area contributed by atoms with Crippen LogP contribution in [0.2, 0.25) is 0 Å². The van der Waals surface area contributed by atoms with Crippen LogP contribution >= 0.6 is 0 Å². The molecule has 0 spiro atoms. The van der Waals surface area contributed by atoms with E-state index in [2.05, 4.69) is 10.2 Å². The van der Waals surface area contributed by atoms with Gasteiger partial charge in [-0.05, 0) is 49.9 Å². The van der Waals surface area contributed by atoms with Gasteiger partial charge in [0.1, 0.15) is 6.54 Å². The molecule has 28 heavy (non-hydrogen) atoms. The van der Waals surface area contributed by atoms with E-state index in [0.717, 1.165) is 18.0 Å². The normalized spacial score (nSPS) is 24.9. The zero-order chi connectivity index (χ0) is 19.5. The van der Waals surface area contributed by atoms with Gasteiger partial charge in [0, 0.05) is 24.5 Å². The minimum absolute atomic E-state index is 0.210. The molecule has 0 saturated carbocycles. The molecule has 0 radical (unpaired) electrons. The molecule has 2 fully saturated rings. The number of nitrogens with zero attached hydrogens (tertiary/aromatic N) is 2. The molecule has 6 heteroatoms. The lowest BCUT2D eigenvalue weighted by molar-refractivity contribution is -0.142. The second kappa shape index (κ2) is 8.17. The van der Waals surface area contributed by atoms with Crippen molar-refractivity contribution in [3.63, 3.8) is 0 Å². The maximum atomic E-state index is 12.5. The Balaban J connectivity index is 1.35. The standard InChI is InChI=1S/C22H27N3O3/c26-20(15-25-21(27)18-7-3-4-8-19(18)22(25)28)23-16-9-11-17(12-10-16)24-13-5-1-2-6-14-24/h3-4,9-12,18-19H,1-2,5-8,13-15H2,(H,23,26)/t18-,19-/m1/s1. The van der Waals surface area contributed by atoms with E-state index in [1.54, 1.807) is 0 Å². The third-order valence-electron chi connectivity index (χ3n) is 6.02. The molecule has 4 rings (SSSR count). The molecule has 3 amide bonds. The minimum Gasteiger partial charge on any atom is -0.372 e. The lowest BCUT2D eigenvalue weighted by atomic mass is 9.85. The van der Waals surface area contributed by atoms with Gasteiger partial charge < -0.3 is 10.2 Å². The van der Waals surface area contributed by atoms with E-state index in [9.17, 15) is 14.4 Å². The number of rotatable bonds is 4. The summed E-state index contributed by atoms with van der Waals surface area (Å²) in [7, 11) is 0. The predicted molar refractivity (Wildman–Crippen MR) is 108 cm³/mol. The third-order valence-corrected chi connectivity index (χ3v) is 6.02. The molecule has 2 heterocycles. The largest absolute Gasteiger partial charge is 0.372 e. The summed E-state index contributed by atoms with van der Waals surface area (Å²) in [6.07, 6.45) is 10.1. The van der Waals surface area contributed by atoms with E-state index in [-0.39, 0.29) is 36.1 Å². The number of amides is 3. The number of imide groups is 1. The van der Waals surface area contributed by atoms with Crippen molar-refractivity contribution in [1.82, 2.24) is 4.90 Å². The van der Waals surface area contributed by atoms with Gasteiger partial charge in [0.15, 0.2) is 0 Å². The van der Waals surface area contributed by atoms with Gasteiger partial charge in [0.05, 0.1) is 11.8 Å². The van der Waals surface area contributed by atoms with Crippen molar-refractivity contribution in [2.45, 2.75) is 38.5 Å². The number of fused-ring (bicyclic) bond motifs is 1. The molecule has 1 N–H and O–H groups in total. The molecule has 2 aliphatic heterocycles. The number of hydrogen-bond donors (Lipinski definition) is 1. The quantitative estimate of drug-likeness (QED) is 0.643. The van der Waals surface area contributed by atoms with E-state index < -0.39 is 0 Å². The number of anilines is 2. The van der Waals surface area contributed by atoms with Crippen LogP contribution in [-0.4, -0.2) is 42.3 Å². The number of carbonyl (C=O) groups excluding carboxylic acids is 3. The van der Waals surface area contributed by atoms with Crippen LogP contribution in [0.15, 0.2) is 36.4 Å². The molecule has 0 bridgehead atoms. The topological polar surface area (TPSA) is 69.7 Å². The monoisotopic (exact) mass is 381 g/mol. The first-order chi connectivity index (χ1) is 13.6. The summed E-state index contributed by atoms with van der Waals surface area (Å²) in [6.45, 7) is 1.93. The molecule has 2 atom stereocenters. The van der Waals surface area contributed by atoms with E-state index in [0.29, 0.717) is 18.5 Å². The summed E-state index contributed by atoms with van der Waals surface area (Å²) in [6, 6.07) is 7.81. The average molecular weight is 381 g/mol. The number of nitrogens with one attached hydrogen (secondary N) is 1. The molecule has 0 aromatic heterocycles. The molecule has 6 nitrogen and oxygen atoms in total. The first kappa shape index (κ1) is 18.7. The van der Waals surface area contributed by atoms with E-state index >= 15 is 0 Å². The van der Waals surface area contributed by atoms with Gasteiger partial charge in [0.2, 0.25) is 17.7 Å². The lowest BCUT2D eigenvalue weighted by Crippen LogP contribution is -2.38. The maximum Gasteiger partial charge on any atom is 0.244 e. The summed E-state index contributed by atoms with van der Waals surface area (Å²) in [5.41, 5.74) is 1.85. The van der Waals surface area contributed by atoms with Gasteiger partial charge in [-0.2, -0.15) is 0 Å². The molecule has 1 aliphatic carbocycles. The Morgan fingerprint density at radius 3 is 2.04 bits per heavy atom. The molecule has 1 aromatic rings. The Bertz CT molecular complexity index is 753. The van der Waals surface area contributed by atoms with Crippen molar-refractivity contribution in [3.8, 4) is 0 Å². The van der Waals surface area contributed by atoms with Crippen LogP contribution in [0.4, 0.5) is 11.4 Å². The van der Waals surface area contributed by atoms with Crippen LogP contribution in [0.25, 0.3) is 0 Å². The fourth-order valence-electron chi connectivity index (χ4n) is 4.45. The molecule has 3 aliphatic rings. The first-order valence-corrected chi connectivity index (χ1v) is 10.3. The highest BCUT2D eigenvalue weighted by Crippen LogP contribution is 2.34. The third kappa shape index (κ3) is 3.81. The van der Waals surface area contributed by atoms with Crippen molar-refractivity contribution in [2.75, 3.05) is 29.9 Å². The van der Waals surface area contributed by atoms with Crippen LogP contribution in [0.3, 0.4) is 0 Å². The summed E-state index contributed by atoms with van der Waals surface area (Å²) >= 11 is 0. The minimum atomic E-state index is -0.337. The van der Waals surface area contributed by atoms with Gasteiger partial charge in [0.25, 0.3) is 0 Å². The van der Waals surface area contributed by atoms with Crippen LogP contribution < -0.4 is 10.2 Å². The fourth-order valence-corrected chi connectivity index (χ4v) is 4.45. The lowest BCUT2D eigenvalue weighted by Gasteiger charge is -2.23. The summed E-state index contributed by atoms with van der Waals surface area (Å²) < 4.78 is 0. The molecular weight excluding hydrogens is 354 g/mol. The molecular formula is C22H27N3O3. The van der Waals surface area contributed by atoms with Crippen LogP contribution in [0.1, 0.15) is 38.5 Å². The smallest absolute Gasteiger partial charge is 0.244 e. The van der Waals surface area contributed by atoms with E-state index in [1.807, 2.05) is 36.4 Å². The summed E-state index contributed by atoms with van der Waals surface area (Å²) in [5, 5.41) is 2.81. The number of allylic oxidation sites excluding steroid dienone is 2. The van der Waals surface area contributed by atoms with Crippen molar-refractivity contribution in [3.05, 3.63) is 36.4 Å². The zero-order valence-corrected chi connectivity index (χ0v) is 16.1. The Labute approximate surface area is 165 Å². The highest BCUT2D eigenvalue weighted by Gasteiger charge is 2.47. The van der Waals surface area contributed by atoms with Gasteiger partial charge in [-0.25, -0.2) is 0 Å². The molecule has 2 saturated heterocycles. The van der Waals surface area contributed by atoms with E-state index in [1.165, 1.54) is 31.4 Å². The summed E-state index contributed by atoms with van der Waals surface area (Å²) in [5.74, 6) is -1.36. The maximum absolute atomic E-state index is 12.5. The van der Waals surface area contributed by atoms with Crippen LogP contribution in [-0.2, 0) is 14.4 Å². The van der Waals surface area contributed by atoms with Crippen molar-refractivity contribution in [2.24, 2.45) is 11.8 Å². The highest BCUT2D eigenvalue weighted by atomic mass is 16.2. The Morgan fingerprint density at radius 2 is 1.46 bits per heavy atom. The molecule has 1 aromatic carbocycles. The van der Waals surface area contributed by atoms with Crippen LogP contribution in [0.5, 0.6) is 0 Å². The fraction of sp³-hybridized carbons (Fsp3) is 0.500. The van der Waals surface area contributed by atoms with E-state index in [4.69, 9.17) is 0 Å². The van der Waals surface area contributed by atoms with Gasteiger partial charge in [-0.15, -0.1) is 0 Å². The van der Waals surface area contributed by atoms with Crippen molar-refractivity contribution < 1.29 is 14.4 Å². The van der Waals surface area contributed by atoms with Crippen molar-refractivity contribution >= 4 is 29.1 Å². The first-order valence-electron chi connectivity index (χ1n) is 10.3. The Morgan fingerprint density at radius 1 is 0.893 bits per heavy atom. The number of hydrogen-bond acceptors (Lipinski definition) is 4. The number of likely N-dealkylation sites (tertiary alicyclic amines) is 1. The van der Waals surface area contributed by atoms with Gasteiger partial charge in [-0.3, -0.25) is 19.3 Å². The Hall–Kier alpha value is -2.63. The second-order valence-electron chi connectivity index (χ2n) is 7.91. The molecule has 0 unspecified atom stereocenters. The summed E-state index contributed by atoms with van der Waals surface area (Å²) in [4.78, 5) is 40.9. The van der Waals surface area contributed by atoms with Crippen molar-refractivity contribution in [1.29, 1.82) is 0 Å². The SMILES string of the molecule is O=C(CN1C(=O)[C@@H]2CC=CC[C@H]2C1=O)Nc1ccc(N2CCCCCC2)cc1.